The maximum atomic E-state index is 13.0. The van der Waals surface area contributed by atoms with Gasteiger partial charge >= 0.3 is 11.1 Å². The van der Waals surface area contributed by atoms with E-state index >= 15 is 0 Å². The van der Waals surface area contributed by atoms with Crippen LogP contribution >= 0.6 is 23.5 Å². The van der Waals surface area contributed by atoms with Gasteiger partial charge in [0.1, 0.15) is 5.37 Å². The van der Waals surface area contributed by atoms with Gasteiger partial charge in [0, 0.05) is 37.5 Å². The van der Waals surface area contributed by atoms with Crippen molar-refractivity contribution in [3.8, 4) is 0 Å². The third-order valence-corrected chi connectivity index (χ3v) is 8.35. The van der Waals surface area contributed by atoms with E-state index in [0.29, 0.717) is 23.2 Å². The van der Waals surface area contributed by atoms with E-state index < -0.39 is 34.4 Å². The number of nitrogens with one attached hydrogen (secondary N) is 1. The van der Waals surface area contributed by atoms with Crippen LogP contribution in [0.15, 0.2) is 85.9 Å². The molecule has 0 bridgehead atoms. The lowest BCUT2D eigenvalue weighted by molar-refractivity contribution is -0.301. The highest BCUT2D eigenvalue weighted by Gasteiger charge is 2.52. The molecule has 0 spiro atoms. The van der Waals surface area contributed by atoms with Crippen molar-refractivity contribution in [3.63, 3.8) is 0 Å². The Labute approximate surface area is 218 Å². The number of β-lactam (4-membered cyclic amide) rings is 1. The number of amides is 1. The molecule has 5 rings (SSSR count). The van der Waals surface area contributed by atoms with Crippen molar-refractivity contribution in [1.29, 1.82) is 0 Å². The fraction of sp³-hybridized carbons (Fsp3) is 0.250. The second kappa shape index (κ2) is 10.3. The molecule has 11 nitrogen and oxygen atoms in total. The predicted octanol–water partition coefficient (Wildman–Crippen LogP) is -0.701. The minimum atomic E-state index is -1.45. The number of pyridine rings is 1. The molecule has 0 aliphatic carbocycles. The zero-order valence-electron chi connectivity index (χ0n) is 19.6. The highest BCUT2D eigenvalue weighted by molar-refractivity contribution is 8.01. The summed E-state index contributed by atoms with van der Waals surface area (Å²) in [5.74, 6) is -1.35. The Kier molecular flexibility index (Phi) is 6.89. The Hall–Kier alpha value is -3.84. The maximum absolute atomic E-state index is 13.0. The standard InChI is InChI=1S/C24H22N6O5S2/c1-28-24(26-19(31)20(32)27-28)37-13-15-12-36-22-17(21(33)30(22)18(15)23(34)35)25-16-7-9-29(10-8-16)11-14-5-3-2-4-6-14/h2-10,17,22H,11-13H2,1H3,(H,27,32)(H,34,35)/p-1. The van der Waals surface area contributed by atoms with Crippen LogP contribution in [0, 0.1) is 0 Å². The molecule has 1 N–H and O–H groups in total. The molecule has 37 heavy (non-hydrogen) atoms. The van der Waals surface area contributed by atoms with Crippen molar-refractivity contribution >= 4 is 35.4 Å². The van der Waals surface area contributed by atoms with E-state index in [0.717, 1.165) is 17.3 Å². The molecular weight excluding hydrogens is 516 g/mol. The molecular formula is C24H21N6O5S2-. The molecule has 2 atom stereocenters. The monoisotopic (exact) mass is 537 g/mol. The first kappa shape index (κ1) is 24.8. The zero-order valence-corrected chi connectivity index (χ0v) is 21.2. The van der Waals surface area contributed by atoms with E-state index in [2.05, 4.69) is 15.1 Å². The van der Waals surface area contributed by atoms with Gasteiger partial charge in [0.25, 0.3) is 5.91 Å². The topological polar surface area (TPSA) is 145 Å². The summed E-state index contributed by atoms with van der Waals surface area (Å²) in [6.45, 7) is 0.707. The summed E-state index contributed by atoms with van der Waals surface area (Å²) in [4.78, 5) is 57.5. The number of fused-ring (bicyclic) bond motifs is 1. The number of carboxylic acids is 1. The van der Waals surface area contributed by atoms with Gasteiger partial charge in [-0.3, -0.25) is 34.1 Å². The Balaban J connectivity index is 1.32. The Morgan fingerprint density at radius 2 is 1.92 bits per heavy atom. The lowest BCUT2D eigenvalue weighted by atomic mass is 10.0. The van der Waals surface area contributed by atoms with Crippen LogP contribution in [0.3, 0.4) is 0 Å². The van der Waals surface area contributed by atoms with Gasteiger partial charge in [-0.15, -0.1) is 11.8 Å². The van der Waals surface area contributed by atoms with E-state index in [-0.39, 0.29) is 16.6 Å². The number of aryl methyl sites for hydroxylation is 1. The second-order valence-corrected chi connectivity index (χ2v) is 10.5. The number of aliphatic carboxylic acids is 1. The summed E-state index contributed by atoms with van der Waals surface area (Å²) >= 11 is 2.51. The van der Waals surface area contributed by atoms with Crippen LogP contribution in [0.1, 0.15) is 5.56 Å². The highest BCUT2D eigenvalue weighted by atomic mass is 32.2. The number of hydrogen-bond acceptors (Lipinski definition) is 9. The van der Waals surface area contributed by atoms with E-state index in [4.69, 9.17) is 0 Å². The molecule has 4 heterocycles. The summed E-state index contributed by atoms with van der Waals surface area (Å²) < 4.78 is 3.30. The third-order valence-electron chi connectivity index (χ3n) is 5.91. The molecule has 13 heteroatoms. The average Bonchev–Trinajstić information content (AvgIpc) is 2.89. The number of aromatic amines is 1. The minimum Gasteiger partial charge on any atom is -0.543 e. The van der Waals surface area contributed by atoms with Gasteiger partial charge in [-0.1, -0.05) is 42.1 Å². The van der Waals surface area contributed by atoms with Crippen LogP contribution < -0.4 is 21.6 Å². The summed E-state index contributed by atoms with van der Waals surface area (Å²) in [7, 11) is 1.52. The van der Waals surface area contributed by atoms with Gasteiger partial charge in [-0.25, -0.2) is 0 Å². The average molecular weight is 538 g/mol. The molecule has 1 fully saturated rings. The summed E-state index contributed by atoms with van der Waals surface area (Å²) in [6, 6.07) is 13.0. The molecule has 2 aromatic heterocycles. The minimum absolute atomic E-state index is 0.154. The van der Waals surface area contributed by atoms with Gasteiger partial charge in [-0.05, 0) is 23.3 Å². The quantitative estimate of drug-likeness (QED) is 0.237. The number of carbonyl (C=O) groups excluding carboxylic acids is 2. The molecule has 3 aromatic rings. The molecule has 2 aliphatic heterocycles. The van der Waals surface area contributed by atoms with Crippen molar-refractivity contribution < 1.29 is 14.7 Å². The summed E-state index contributed by atoms with van der Waals surface area (Å²) in [5.41, 5.74) is -0.310. The van der Waals surface area contributed by atoms with Crippen LogP contribution in [-0.2, 0) is 23.2 Å². The molecule has 1 aromatic carbocycles. The summed E-state index contributed by atoms with van der Waals surface area (Å²) in [5, 5.41) is 14.8. The highest BCUT2D eigenvalue weighted by Crippen LogP contribution is 2.42. The van der Waals surface area contributed by atoms with E-state index in [9.17, 15) is 24.3 Å². The molecule has 1 amide bonds. The van der Waals surface area contributed by atoms with Gasteiger partial charge in [0.15, 0.2) is 11.2 Å². The lowest BCUT2D eigenvalue weighted by Gasteiger charge is -2.49. The number of H-pyrrole nitrogens is 1. The van der Waals surface area contributed by atoms with Gasteiger partial charge in [0.2, 0.25) is 0 Å². The Morgan fingerprint density at radius 1 is 1.19 bits per heavy atom. The SMILES string of the molecule is Cn1[nH]c(=O)c(=O)nc1SCC1=C(C(=O)[O-])N2C(=O)C(N=c3ccn(Cc4ccccc4)cc3)C2SC1. The number of carboxylic acid groups (broad SMARTS) is 1. The van der Waals surface area contributed by atoms with Crippen molar-refractivity contribution in [2.24, 2.45) is 12.0 Å². The van der Waals surface area contributed by atoms with Crippen molar-refractivity contribution in [2.75, 3.05) is 11.5 Å². The van der Waals surface area contributed by atoms with Crippen LogP contribution in [0.2, 0.25) is 0 Å². The van der Waals surface area contributed by atoms with Crippen molar-refractivity contribution in [3.05, 3.63) is 97.8 Å². The lowest BCUT2D eigenvalue weighted by Crippen LogP contribution is -2.65. The normalized spacial score (nSPS) is 18.8. The Bertz CT molecular complexity index is 1570. The fourth-order valence-electron chi connectivity index (χ4n) is 4.09. The smallest absolute Gasteiger partial charge is 0.339 e. The largest absolute Gasteiger partial charge is 0.543 e. The molecule has 2 aliphatic rings. The first-order valence-corrected chi connectivity index (χ1v) is 13.3. The van der Waals surface area contributed by atoms with E-state index in [1.165, 1.54) is 28.4 Å². The van der Waals surface area contributed by atoms with E-state index in [1.807, 2.05) is 59.4 Å². The van der Waals surface area contributed by atoms with Crippen LogP contribution in [0.5, 0.6) is 0 Å². The first-order valence-electron chi connectivity index (χ1n) is 11.2. The zero-order chi connectivity index (χ0) is 26.1. The fourth-order valence-corrected chi connectivity index (χ4v) is 6.47. The third kappa shape index (κ3) is 5.04. The van der Waals surface area contributed by atoms with Crippen LogP contribution in [-0.4, -0.2) is 59.0 Å². The van der Waals surface area contributed by atoms with Crippen LogP contribution in [0.25, 0.3) is 0 Å². The first-order chi connectivity index (χ1) is 17.8. The van der Waals surface area contributed by atoms with Crippen LogP contribution in [0.4, 0.5) is 0 Å². The van der Waals surface area contributed by atoms with Gasteiger partial charge in [0.05, 0.1) is 17.0 Å². The van der Waals surface area contributed by atoms with Gasteiger partial charge in [-0.2, -0.15) is 4.98 Å². The van der Waals surface area contributed by atoms with E-state index in [1.54, 1.807) is 0 Å². The van der Waals surface area contributed by atoms with Gasteiger partial charge < -0.3 is 14.5 Å². The molecule has 190 valence electrons. The number of benzene rings is 1. The number of nitrogens with zero attached hydrogens (tertiary/aromatic N) is 5. The molecule has 2 unspecified atom stereocenters. The molecule has 0 radical (unpaired) electrons. The number of hydrogen-bond donors (Lipinski definition) is 1. The van der Waals surface area contributed by atoms with Crippen molar-refractivity contribution in [2.45, 2.75) is 23.1 Å². The number of thioether (sulfide) groups is 2. The maximum Gasteiger partial charge on any atom is 0.339 e. The molecule has 1 saturated heterocycles. The van der Waals surface area contributed by atoms with Crippen molar-refractivity contribution in [1.82, 2.24) is 24.2 Å². The number of rotatable bonds is 7. The second-order valence-electron chi connectivity index (χ2n) is 8.43. The Morgan fingerprint density at radius 3 is 2.62 bits per heavy atom. The molecule has 0 saturated carbocycles. The predicted molar refractivity (Wildman–Crippen MR) is 135 cm³/mol. The number of carbonyl (C=O) groups is 2. The number of aromatic nitrogens is 4. The summed E-state index contributed by atoms with van der Waals surface area (Å²) in [6.07, 6.45) is 3.78.